The molecule has 0 saturated carbocycles. The summed E-state index contributed by atoms with van der Waals surface area (Å²) in [6.07, 6.45) is -4.28. The fraction of sp³-hybridized carbons (Fsp3) is 0.714. The standard InChI is InChI=1S/C21H28O10/c1-10-26-7-16-20(29-10)17(23)18(24)21(30-16)31-19-12(6-25-8-22)3-2-11-4-14-15(5-13(11)19)28-9-27-14/h4-5,10,12,16-24H,2-3,6-9H2,1H3. The first-order valence-corrected chi connectivity index (χ1v) is 10.6. The van der Waals surface area contributed by atoms with Gasteiger partial charge in [0.1, 0.15) is 31.2 Å². The maximum absolute atomic E-state index is 10.7. The van der Waals surface area contributed by atoms with E-state index in [1.807, 2.05) is 12.1 Å². The number of aliphatic hydroxyl groups is 3. The number of hydrogen-bond donors (Lipinski definition) is 3. The van der Waals surface area contributed by atoms with E-state index in [0.717, 1.165) is 24.0 Å². The van der Waals surface area contributed by atoms with Gasteiger partial charge in [-0.3, -0.25) is 0 Å². The fourth-order valence-electron chi connectivity index (χ4n) is 4.74. The van der Waals surface area contributed by atoms with Crippen molar-refractivity contribution in [3.63, 3.8) is 0 Å². The number of rotatable bonds is 5. The molecular formula is C21H28O10. The Morgan fingerprint density at radius 3 is 2.71 bits per heavy atom. The Kier molecular flexibility index (Phi) is 6.06. The minimum absolute atomic E-state index is 0.0930. The van der Waals surface area contributed by atoms with Crippen molar-refractivity contribution in [1.82, 2.24) is 0 Å². The average Bonchev–Trinajstić information content (AvgIpc) is 3.23. The topological polar surface area (TPSA) is 125 Å². The van der Waals surface area contributed by atoms with E-state index in [-0.39, 0.29) is 25.9 Å². The third-order valence-electron chi connectivity index (χ3n) is 6.34. The Hall–Kier alpha value is -1.50. The number of hydrogen-bond acceptors (Lipinski definition) is 10. The molecule has 0 bridgehead atoms. The molecule has 3 N–H and O–H groups in total. The minimum Gasteiger partial charge on any atom is -0.454 e. The number of benzene rings is 1. The van der Waals surface area contributed by atoms with Crippen LogP contribution in [0.3, 0.4) is 0 Å². The smallest absolute Gasteiger partial charge is 0.231 e. The molecule has 1 aliphatic carbocycles. The molecule has 1 aromatic rings. The van der Waals surface area contributed by atoms with E-state index >= 15 is 0 Å². The lowest BCUT2D eigenvalue weighted by Crippen LogP contribution is -2.63. The molecular weight excluding hydrogens is 412 g/mol. The molecule has 3 aliphatic heterocycles. The number of aliphatic hydroxyl groups excluding tert-OH is 3. The Labute approximate surface area is 179 Å². The van der Waals surface area contributed by atoms with Crippen molar-refractivity contribution in [2.75, 3.05) is 26.8 Å². The van der Waals surface area contributed by atoms with Gasteiger partial charge in [0.2, 0.25) is 6.79 Å². The maximum atomic E-state index is 10.7. The largest absolute Gasteiger partial charge is 0.454 e. The molecule has 1 aromatic carbocycles. The van der Waals surface area contributed by atoms with E-state index in [0.29, 0.717) is 11.5 Å². The lowest BCUT2D eigenvalue weighted by Gasteiger charge is -2.47. The highest BCUT2D eigenvalue weighted by Crippen LogP contribution is 2.45. The SMILES string of the molecule is CC1OCC2OC(OC3c4cc5c(cc4CCC3COCO)OCO5)C(O)C(O)C2O1. The van der Waals surface area contributed by atoms with Crippen LogP contribution in [0.5, 0.6) is 11.5 Å². The van der Waals surface area contributed by atoms with Crippen LogP contribution in [0, 0.1) is 5.92 Å². The summed E-state index contributed by atoms with van der Waals surface area (Å²) in [6.45, 7) is 2.00. The van der Waals surface area contributed by atoms with Crippen LogP contribution in [0.25, 0.3) is 0 Å². The molecule has 0 radical (unpaired) electrons. The summed E-state index contributed by atoms with van der Waals surface area (Å²) in [5.41, 5.74) is 1.94. The number of aryl methyl sites for hydroxylation is 1. The Morgan fingerprint density at radius 1 is 1.10 bits per heavy atom. The molecule has 10 heteroatoms. The van der Waals surface area contributed by atoms with Crippen LogP contribution in [0.15, 0.2) is 12.1 Å². The van der Waals surface area contributed by atoms with Gasteiger partial charge in [-0.2, -0.15) is 0 Å². The zero-order chi connectivity index (χ0) is 21.5. The van der Waals surface area contributed by atoms with E-state index in [2.05, 4.69) is 0 Å². The monoisotopic (exact) mass is 440 g/mol. The summed E-state index contributed by atoms with van der Waals surface area (Å²) >= 11 is 0. The van der Waals surface area contributed by atoms with Crippen LogP contribution < -0.4 is 9.47 Å². The third kappa shape index (κ3) is 4.03. The Balaban J connectivity index is 1.40. The Morgan fingerprint density at radius 2 is 1.90 bits per heavy atom. The molecule has 0 amide bonds. The first-order chi connectivity index (χ1) is 15.0. The Bertz CT molecular complexity index is 786. The van der Waals surface area contributed by atoms with Gasteiger partial charge in [-0.15, -0.1) is 0 Å². The lowest BCUT2D eigenvalue weighted by atomic mass is 9.81. The summed E-state index contributed by atoms with van der Waals surface area (Å²) < 4.78 is 39.6. The zero-order valence-electron chi connectivity index (χ0n) is 17.2. The molecule has 2 fully saturated rings. The van der Waals surface area contributed by atoms with Crippen LogP contribution in [0.1, 0.15) is 30.6 Å². The molecule has 0 spiro atoms. The second-order valence-electron chi connectivity index (χ2n) is 8.29. The van der Waals surface area contributed by atoms with Gasteiger partial charge < -0.3 is 48.5 Å². The molecule has 8 atom stereocenters. The minimum atomic E-state index is -1.30. The van der Waals surface area contributed by atoms with E-state index in [4.69, 9.17) is 38.3 Å². The van der Waals surface area contributed by atoms with Gasteiger partial charge in [-0.1, -0.05) is 0 Å². The van der Waals surface area contributed by atoms with E-state index in [1.54, 1.807) is 6.92 Å². The summed E-state index contributed by atoms with van der Waals surface area (Å²) in [5.74, 6) is 1.23. The first-order valence-electron chi connectivity index (χ1n) is 10.6. The van der Waals surface area contributed by atoms with Gasteiger partial charge >= 0.3 is 0 Å². The van der Waals surface area contributed by atoms with Gasteiger partial charge in [-0.25, -0.2) is 0 Å². The summed E-state index contributed by atoms with van der Waals surface area (Å²) in [6, 6.07) is 3.83. The van der Waals surface area contributed by atoms with Crippen LogP contribution in [0.2, 0.25) is 0 Å². The summed E-state index contributed by atoms with van der Waals surface area (Å²) in [4.78, 5) is 0. The second kappa shape index (κ2) is 8.80. The van der Waals surface area contributed by atoms with Gasteiger partial charge in [0.15, 0.2) is 24.1 Å². The molecule has 3 heterocycles. The van der Waals surface area contributed by atoms with Crippen molar-refractivity contribution in [3.05, 3.63) is 23.3 Å². The number of ether oxygens (including phenoxy) is 7. The average molecular weight is 440 g/mol. The van der Waals surface area contributed by atoms with Gasteiger partial charge in [0.25, 0.3) is 0 Å². The highest BCUT2D eigenvalue weighted by atomic mass is 16.8. The fourth-order valence-corrected chi connectivity index (χ4v) is 4.74. The van der Waals surface area contributed by atoms with E-state index in [9.17, 15) is 10.2 Å². The van der Waals surface area contributed by atoms with Gasteiger partial charge in [0.05, 0.1) is 19.3 Å². The second-order valence-corrected chi connectivity index (χ2v) is 8.29. The molecule has 4 aliphatic rings. The van der Waals surface area contributed by atoms with Crippen LogP contribution in [-0.4, -0.2) is 79.1 Å². The van der Waals surface area contributed by atoms with Crippen LogP contribution in [0.4, 0.5) is 0 Å². The van der Waals surface area contributed by atoms with Crippen molar-refractivity contribution in [3.8, 4) is 11.5 Å². The highest BCUT2D eigenvalue weighted by molar-refractivity contribution is 5.50. The first kappa shape index (κ1) is 21.4. The van der Waals surface area contributed by atoms with Crippen molar-refractivity contribution < 1.29 is 48.5 Å². The van der Waals surface area contributed by atoms with Crippen molar-refractivity contribution in [1.29, 1.82) is 0 Å². The zero-order valence-corrected chi connectivity index (χ0v) is 17.2. The van der Waals surface area contributed by atoms with Crippen LogP contribution in [-0.2, 0) is 30.1 Å². The van der Waals surface area contributed by atoms with E-state index < -0.39 is 49.9 Å². The lowest BCUT2D eigenvalue weighted by molar-refractivity contribution is -0.364. The predicted molar refractivity (Wildman–Crippen MR) is 102 cm³/mol. The van der Waals surface area contributed by atoms with Crippen molar-refractivity contribution >= 4 is 0 Å². The normalized spacial score (nSPS) is 39.1. The van der Waals surface area contributed by atoms with E-state index in [1.165, 1.54) is 0 Å². The highest BCUT2D eigenvalue weighted by Gasteiger charge is 2.50. The molecule has 172 valence electrons. The molecule has 10 nitrogen and oxygen atoms in total. The number of fused-ring (bicyclic) bond motifs is 3. The van der Waals surface area contributed by atoms with Crippen molar-refractivity contribution in [2.24, 2.45) is 5.92 Å². The quantitative estimate of drug-likeness (QED) is 0.547. The predicted octanol–water partition coefficient (Wildman–Crippen LogP) is 0.210. The third-order valence-corrected chi connectivity index (χ3v) is 6.34. The molecule has 0 aromatic heterocycles. The molecule has 8 unspecified atom stereocenters. The summed E-state index contributed by atoms with van der Waals surface area (Å²) in [7, 11) is 0. The summed E-state index contributed by atoms with van der Waals surface area (Å²) in [5, 5.41) is 30.5. The molecule has 5 rings (SSSR count). The van der Waals surface area contributed by atoms with Gasteiger partial charge in [-0.05, 0) is 43.0 Å². The van der Waals surface area contributed by atoms with Gasteiger partial charge in [0, 0.05) is 5.92 Å². The maximum Gasteiger partial charge on any atom is 0.231 e. The van der Waals surface area contributed by atoms with Crippen molar-refractivity contribution in [2.45, 2.75) is 62.9 Å². The van der Waals surface area contributed by atoms with Crippen LogP contribution >= 0.6 is 0 Å². The molecule has 31 heavy (non-hydrogen) atoms. The molecule has 2 saturated heterocycles.